The predicted octanol–water partition coefficient (Wildman–Crippen LogP) is 5.79. The number of pyridine rings is 1. The number of rotatable bonds is 5. The van der Waals surface area contributed by atoms with Gasteiger partial charge in [0, 0.05) is 34.5 Å². The maximum Gasteiger partial charge on any atom is 0.0737 e. The van der Waals surface area contributed by atoms with Crippen molar-refractivity contribution in [1.82, 2.24) is 9.88 Å². The van der Waals surface area contributed by atoms with E-state index in [1.165, 1.54) is 42.7 Å². The summed E-state index contributed by atoms with van der Waals surface area (Å²) in [6.07, 6.45) is 5.52. The highest BCUT2D eigenvalue weighted by atomic mass is 35.5. The molecule has 2 aromatic carbocycles. The van der Waals surface area contributed by atoms with Gasteiger partial charge in [-0.25, -0.2) is 0 Å². The van der Waals surface area contributed by atoms with Crippen molar-refractivity contribution >= 4 is 33.9 Å². The Morgan fingerprint density at radius 3 is 2.69 bits per heavy atom. The third-order valence-corrected chi connectivity index (χ3v) is 5.38. The van der Waals surface area contributed by atoms with E-state index in [1.54, 1.807) is 0 Å². The molecule has 134 valence electrons. The number of aromatic nitrogens is 1. The Balaban J connectivity index is 1.69. The molecule has 1 aliphatic rings. The smallest absolute Gasteiger partial charge is 0.0737 e. The van der Waals surface area contributed by atoms with Gasteiger partial charge in [-0.2, -0.15) is 0 Å². The molecule has 1 N–H and O–H groups in total. The summed E-state index contributed by atoms with van der Waals surface area (Å²) in [6.45, 7) is 5.62. The van der Waals surface area contributed by atoms with Crippen molar-refractivity contribution in [3.05, 3.63) is 64.8 Å². The van der Waals surface area contributed by atoms with E-state index in [1.807, 2.05) is 30.5 Å². The number of nitrogens with one attached hydrogen (secondary N) is 1. The monoisotopic (exact) mass is 365 g/mol. The van der Waals surface area contributed by atoms with E-state index in [2.05, 4.69) is 40.3 Å². The van der Waals surface area contributed by atoms with Crippen molar-refractivity contribution in [3.8, 4) is 0 Å². The second-order valence-corrected chi connectivity index (χ2v) is 7.41. The number of anilines is 2. The first kappa shape index (κ1) is 17.3. The molecule has 4 rings (SSSR count). The maximum atomic E-state index is 6.12. The molecule has 0 bridgehead atoms. The number of nitrogens with zero attached hydrogens (tertiary/aromatic N) is 2. The van der Waals surface area contributed by atoms with E-state index >= 15 is 0 Å². The quantitative estimate of drug-likeness (QED) is 0.620. The van der Waals surface area contributed by atoms with Crippen LogP contribution in [0.25, 0.3) is 10.9 Å². The summed E-state index contributed by atoms with van der Waals surface area (Å²) in [5, 5.41) is 5.45. The number of fused-ring (bicyclic) bond motifs is 1. The first-order valence-corrected chi connectivity index (χ1v) is 9.76. The summed E-state index contributed by atoms with van der Waals surface area (Å²) in [7, 11) is 0. The van der Waals surface area contributed by atoms with Crippen molar-refractivity contribution in [2.24, 2.45) is 0 Å². The van der Waals surface area contributed by atoms with Crippen molar-refractivity contribution in [3.63, 3.8) is 0 Å². The number of hydrogen-bond acceptors (Lipinski definition) is 3. The van der Waals surface area contributed by atoms with Crippen LogP contribution in [0.4, 0.5) is 11.4 Å². The molecule has 0 radical (unpaired) electrons. The van der Waals surface area contributed by atoms with Gasteiger partial charge in [0.05, 0.1) is 5.52 Å². The first-order valence-electron chi connectivity index (χ1n) is 9.38. The lowest BCUT2D eigenvalue weighted by Crippen LogP contribution is -2.19. The molecule has 0 atom stereocenters. The van der Waals surface area contributed by atoms with Gasteiger partial charge < -0.3 is 5.32 Å². The average molecular weight is 366 g/mol. The summed E-state index contributed by atoms with van der Waals surface area (Å²) < 4.78 is 0. The summed E-state index contributed by atoms with van der Waals surface area (Å²) in [6, 6.07) is 14.7. The molecule has 2 heterocycles. The van der Waals surface area contributed by atoms with Crippen LogP contribution >= 0.6 is 11.6 Å². The van der Waals surface area contributed by atoms with E-state index in [-0.39, 0.29) is 0 Å². The van der Waals surface area contributed by atoms with Crippen LogP contribution in [0.15, 0.2) is 48.7 Å². The third kappa shape index (κ3) is 3.69. The van der Waals surface area contributed by atoms with E-state index in [0.717, 1.165) is 29.6 Å². The predicted molar refractivity (Wildman–Crippen MR) is 110 cm³/mol. The van der Waals surface area contributed by atoms with E-state index in [9.17, 15) is 0 Å². The van der Waals surface area contributed by atoms with Crippen molar-refractivity contribution in [2.45, 2.75) is 32.7 Å². The minimum atomic E-state index is 0.712. The topological polar surface area (TPSA) is 28.2 Å². The number of likely N-dealkylation sites (tertiary alicyclic amines) is 1. The van der Waals surface area contributed by atoms with E-state index in [4.69, 9.17) is 11.6 Å². The standard InChI is InChI=1S/C22H24ClN3/c1-2-16-5-8-20(17(13-16)15-26-11-3-4-12-26)25-21-9-10-24-22-14-18(23)6-7-19(21)22/h5-10,13-14H,2-4,11-12,15H2,1H3,(H,24,25). The van der Waals surface area contributed by atoms with E-state index in [0.29, 0.717) is 5.02 Å². The Bertz CT molecular complexity index is 916. The molecule has 1 fully saturated rings. The third-order valence-electron chi connectivity index (χ3n) is 5.14. The Hall–Kier alpha value is -2.10. The van der Waals surface area contributed by atoms with Crippen LogP contribution in [0.2, 0.25) is 5.02 Å². The lowest BCUT2D eigenvalue weighted by molar-refractivity contribution is 0.332. The molecule has 1 aromatic heterocycles. The zero-order valence-corrected chi connectivity index (χ0v) is 15.9. The lowest BCUT2D eigenvalue weighted by Gasteiger charge is -2.20. The molecular formula is C22H24ClN3. The highest BCUT2D eigenvalue weighted by Gasteiger charge is 2.15. The molecule has 0 aliphatic carbocycles. The number of halogens is 1. The summed E-state index contributed by atoms with van der Waals surface area (Å²) >= 11 is 6.12. The second-order valence-electron chi connectivity index (χ2n) is 6.97. The summed E-state index contributed by atoms with van der Waals surface area (Å²) in [5.74, 6) is 0. The van der Waals surface area contributed by atoms with Crippen LogP contribution in [-0.4, -0.2) is 23.0 Å². The highest BCUT2D eigenvalue weighted by molar-refractivity contribution is 6.31. The SMILES string of the molecule is CCc1ccc(Nc2ccnc3cc(Cl)ccc23)c(CN2CCCC2)c1. The fourth-order valence-electron chi connectivity index (χ4n) is 3.68. The fraction of sp³-hybridized carbons (Fsp3) is 0.318. The summed E-state index contributed by atoms with van der Waals surface area (Å²) in [4.78, 5) is 6.99. The van der Waals surface area contributed by atoms with Gasteiger partial charge in [-0.15, -0.1) is 0 Å². The molecule has 1 aliphatic heterocycles. The molecule has 1 saturated heterocycles. The number of aryl methyl sites for hydroxylation is 1. The molecule has 3 nitrogen and oxygen atoms in total. The molecule has 0 amide bonds. The van der Waals surface area contributed by atoms with Gasteiger partial charge >= 0.3 is 0 Å². The van der Waals surface area contributed by atoms with Crippen molar-refractivity contribution in [2.75, 3.05) is 18.4 Å². The van der Waals surface area contributed by atoms with Crippen LogP contribution in [0.1, 0.15) is 30.9 Å². The Labute approximate surface area is 160 Å². The van der Waals surface area contributed by atoms with Crippen molar-refractivity contribution < 1.29 is 0 Å². The molecule has 0 unspecified atom stereocenters. The molecule has 0 spiro atoms. The van der Waals surface area contributed by atoms with Gasteiger partial charge in [0.1, 0.15) is 0 Å². The lowest BCUT2D eigenvalue weighted by atomic mass is 10.1. The second kappa shape index (κ2) is 7.65. The van der Waals surface area contributed by atoms with Crippen molar-refractivity contribution in [1.29, 1.82) is 0 Å². The van der Waals surface area contributed by atoms with Gasteiger partial charge in [-0.05, 0) is 73.8 Å². The minimum Gasteiger partial charge on any atom is -0.355 e. The van der Waals surface area contributed by atoms with Gasteiger partial charge in [0.15, 0.2) is 0 Å². The normalized spacial score (nSPS) is 14.8. The number of benzene rings is 2. The van der Waals surface area contributed by atoms with Crippen LogP contribution < -0.4 is 5.32 Å². The molecule has 4 heteroatoms. The van der Waals surface area contributed by atoms with E-state index < -0.39 is 0 Å². The Kier molecular flexibility index (Phi) is 5.09. The average Bonchev–Trinajstić information content (AvgIpc) is 3.16. The number of hydrogen-bond donors (Lipinski definition) is 1. The van der Waals surface area contributed by atoms with Crippen LogP contribution in [0.3, 0.4) is 0 Å². The Morgan fingerprint density at radius 1 is 1.04 bits per heavy atom. The summed E-state index contributed by atoms with van der Waals surface area (Å²) in [5.41, 5.74) is 5.91. The first-order chi connectivity index (χ1) is 12.7. The maximum absolute atomic E-state index is 6.12. The van der Waals surface area contributed by atoms with Gasteiger partial charge in [0.2, 0.25) is 0 Å². The highest BCUT2D eigenvalue weighted by Crippen LogP contribution is 2.30. The van der Waals surface area contributed by atoms with Gasteiger partial charge in [0.25, 0.3) is 0 Å². The van der Waals surface area contributed by atoms with Gasteiger partial charge in [-0.3, -0.25) is 9.88 Å². The molecule has 0 saturated carbocycles. The molecular weight excluding hydrogens is 342 g/mol. The van der Waals surface area contributed by atoms with Crippen LogP contribution in [-0.2, 0) is 13.0 Å². The van der Waals surface area contributed by atoms with Crippen LogP contribution in [0, 0.1) is 0 Å². The molecule has 3 aromatic rings. The zero-order chi connectivity index (χ0) is 17.9. The largest absolute Gasteiger partial charge is 0.355 e. The minimum absolute atomic E-state index is 0.712. The van der Waals surface area contributed by atoms with Crippen LogP contribution in [0.5, 0.6) is 0 Å². The Morgan fingerprint density at radius 2 is 1.88 bits per heavy atom. The molecule has 26 heavy (non-hydrogen) atoms. The zero-order valence-electron chi connectivity index (χ0n) is 15.1. The van der Waals surface area contributed by atoms with Gasteiger partial charge in [-0.1, -0.05) is 30.7 Å². The fourth-order valence-corrected chi connectivity index (χ4v) is 3.84.